The molecule has 408 valence electrons. The van der Waals surface area contributed by atoms with E-state index in [0.717, 1.165) is 16.5 Å². The summed E-state index contributed by atoms with van der Waals surface area (Å²) in [6.45, 7) is 7.15. The summed E-state index contributed by atoms with van der Waals surface area (Å²) in [6.07, 6.45) is 1.98. The fourth-order valence-electron chi connectivity index (χ4n) is 8.39. The number of rotatable bonds is 18. The normalized spacial score (nSPS) is 21.1. The van der Waals surface area contributed by atoms with Crippen LogP contribution in [0.1, 0.15) is 81.4 Å². The largest absolute Gasteiger partial charge is 0.401 e. The molecule has 2 aromatic carbocycles. The van der Waals surface area contributed by atoms with Gasteiger partial charge in [0.15, 0.2) is 11.9 Å². The van der Waals surface area contributed by atoms with Crippen molar-refractivity contribution in [2.75, 3.05) is 26.2 Å². The smallest absolute Gasteiger partial charge is 0.243 e. The van der Waals surface area contributed by atoms with Crippen molar-refractivity contribution in [1.29, 1.82) is 0 Å². The van der Waals surface area contributed by atoms with Gasteiger partial charge in [-0.15, -0.1) is 0 Å². The Kier molecular flexibility index (Phi) is 23.8. The number of aliphatic imine (C=N–C) groups is 2. The number of aromatic amines is 1. The van der Waals surface area contributed by atoms with Crippen molar-refractivity contribution in [3.8, 4) is 0 Å². The van der Waals surface area contributed by atoms with Gasteiger partial charge in [0.05, 0.1) is 6.04 Å². The van der Waals surface area contributed by atoms with Crippen molar-refractivity contribution in [2.45, 2.75) is 127 Å². The molecule has 75 heavy (non-hydrogen) atoms. The van der Waals surface area contributed by atoms with E-state index in [2.05, 4.69) is 64.1 Å². The number of carbonyl (C=O) groups is 8. The highest BCUT2D eigenvalue weighted by Crippen LogP contribution is 2.20. The standard InChI is InChI=1S/C50H75N17O8/c1-28-10-6-11-31(24-28)25-40-47(74)63-37(16-9-23-59-50(55)56)44(71)67-41(26-32-27-60-35-13-5-4-12-33(32)35)48(75)62-34(29(2)52)14-7-21-57-42(69)18-17-38(45(72)65-39(19-20-51)46(73)66-40)64-43(70)36(61-30(3)68)15-8-22-58-49(53)54/h4-6,10-13,24,27,34,36-41,60H,2,7-9,14-23,25-26,51-52H2,1,3H3,(H,57,69)(H,61,68)(H,62,75)(H,63,74)(H,64,70)(H,65,72)(H,66,73)(H,67,71)(H4,53,54,58)(H4,55,56,59)/t34?,36-,37-,38-,39-,40+,41-/m0/s1. The fourth-order valence-corrected chi connectivity index (χ4v) is 8.39. The molecule has 0 bridgehead atoms. The van der Waals surface area contributed by atoms with E-state index in [9.17, 15) is 38.4 Å². The molecule has 21 N–H and O–H groups in total. The van der Waals surface area contributed by atoms with E-state index in [4.69, 9.17) is 34.4 Å². The Balaban J connectivity index is 1.77. The van der Waals surface area contributed by atoms with E-state index < -0.39 is 89.6 Å². The van der Waals surface area contributed by atoms with Gasteiger partial charge in [0, 0.05) is 68.6 Å². The maximum Gasteiger partial charge on any atom is 0.243 e. The Hall–Kier alpha value is -8.22. The molecule has 1 aliphatic heterocycles. The SMILES string of the molecule is C=C(N)C1CCCNC(=O)CC[C@H](NC(=O)[C@H](CCCN=C(N)N)NC(C)=O)C(=O)N[C@@H](CCN)C(=O)N[C@H](Cc2cccc(C)c2)C(=O)N[C@@H](CCCN=C(N)N)C(=O)N[C@@H](Cc2c[nH]c3ccccc23)C(=O)N1. The van der Waals surface area contributed by atoms with Crippen molar-refractivity contribution < 1.29 is 38.4 Å². The van der Waals surface area contributed by atoms with Gasteiger partial charge in [0.25, 0.3) is 0 Å². The first-order chi connectivity index (χ1) is 35.7. The summed E-state index contributed by atoms with van der Waals surface area (Å²) >= 11 is 0. The number of para-hydroxylation sites is 1. The number of nitrogens with one attached hydrogen (secondary N) is 9. The molecule has 4 rings (SSSR count). The van der Waals surface area contributed by atoms with Crippen molar-refractivity contribution in [3.63, 3.8) is 0 Å². The highest BCUT2D eigenvalue weighted by Gasteiger charge is 2.34. The number of hydrogen-bond donors (Lipinski definition) is 15. The van der Waals surface area contributed by atoms with Crippen LogP contribution in [0.3, 0.4) is 0 Å². The molecule has 8 amide bonds. The van der Waals surface area contributed by atoms with Crippen molar-refractivity contribution in [2.24, 2.45) is 44.4 Å². The quantitative estimate of drug-likeness (QED) is 0.0350. The average Bonchev–Trinajstić information content (AvgIpc) is 3.76. The topological polar surface area (TPSA) is 429 Å². The van der Waals surface area contributed by atoms with E-state index in [1.165, 1.54) is 6.92 Å². The maximum atomic E-state index is 14.7. The van der Waals surface area contributed by atoms with Gasteiger partial charge in [-0.25, -0.2) is 0 Å². The second-order valence-corrected chi connectivity index (χ2v) is 18.5. The van der Waals surface area contributed by atoms with Gasteiger partial charge in [0.1, 0.15) is 36.3 Å². The highest BCUT2D eigenvalue weighted by molar-refractivity contribution is 5.97. The first-order valence-electron chi connectivity index (χ1n) is 25.0. The van der Waals surface area contributed by atoms with Crippen LogP contribution in [0.25, 0.3) is 10.9 Å². The number of aromatic nitrogens is 1. The lowest BCUT2D eigenvalue weighted by Gasteiger charge is -2.28. The predicted octanol–water partition coefficient (Wildman–Crippen LogP) is -2.71. The molecule has 0 aliphatic carbocycles. The Morgan fingerprint density at radius 1 is 0.747 bits per heavy atom. The molecular formula is C50H75N17O8. The molecule has 1 fully saturated rings. The van der Waals surface area contributed by atoms with Crippen molar-refractivity contribution in [3.05, 3.63) is 83.7 Å². The van der Waals surface area contributed by atoms with Crippen molar-refractivity contribution >= 4 is 70.1 Å². The van der Waals surface area contributed by atoms with E-state index in [1.807, 2.05) is 43.3 Å². The summed E-state index contributed by atoms with van der Waals surface area (Å²) in [6, 6.07) is 5.93. The number of fused-ring (bicyclic) bond motifs is 1. The number of H-pyrrole nitrogens is 1. The van der Waals surface area contributed by atoms with E-state index in [0.29, 0.717) is 11.1 Å². The third-order valence-corrected chi connectivity index (χ3v) is 12.2. The number of aryl methyl sites for hydroxylation is 1. The molecular weight excluding hydrogens is 967 g/mol. The third kappa shape index (κ3) is 20.3. The van der Waals surface area contributed by atoms with Crippen LogP contribution in [0.2, 0.25) is 0 Å². The lowest BCUT2D eigenvalue weighted by molar-refractivity contribution is -0.135. The lowest BCUT2D eigenvalue weighted by atomic mass is 10.0. The van der Waals surface area contributed by atoms with Crippen molar-refractivity contribution in [1.82, 2.24) is 47.5 Å². The van der Waals surface area contributed by atoms with E-state index in [1.54, 1.807) is 18.3 Å². The molecule has 7 atom stereocenters. The molecule has 1 aromatic heterocycles. The minimum atomic E-state index is -1.44. The Morgan fingerprint density at radius 2 is 1.36 bits per heavy atom. The highest BCUT2D eigenvalue weighted by atomic mass is 16.2. The number of guanidine groups is 2. The molecule has 1 aliphatic rings. The maximum absolute atomic E-state index is 14.7. The molecule has 0 radical (unpaired) electrons. The van der Waals surface area contributed by atoms with Gasteiger partial charge in [-0.2, -0.15) is 0 Å². The number of nitrogens with two attached hydrogens (primary N) is 6. The monoisotopic (exact) mass is 1040 g/mol. The number of carbonyl (C=O) groups excluding carboxylic acids is 8. The third-order valence-electron chi connectivity index (χ3n) is 12.2. The first-order valence-corrected chi connectivity index (χ1v) is 25.0. The minimum Gasteiger partial charge on any atom is -0.401 e. The molecule has 2 heterocycles. The van der Waals surface area contributed by atoms with Crippen LogP contribution in [0.4, 0.5) is 0 Å². The molecule has 25 nitrogen and oxygen atoms in total. The zero-order valence-electron chi connectivity index (χ0n) is 42.7. The van der Waals surface area contributed by atoms with E-state index in [-0.39, 0.29) is 114 Å². The number of hydrogen-bond acceptors (Lipinski definition) is 12. The summed E-state index contributed by atoms with van der Waals surface area (Å²) in [7, 11) is 0. The molecule has 1 saturated heterocycles. The molecule has 1 unspecified atom stereocenters. The molecule has 3 aromatic rings. The second kappa shape index (κ2) is 30.1. The number of nitrogens with zero attached hydrogens (tertiary/aromatic N) is 2. The van der Waals surface area contributed by atoms with Crippen LogP contribution in [-0.2, 0) is 51.2 Å². The number of amides is 8. The van der Waals surface area contributed by atoms with Gasteiger partial charge in [-0.1, -0.05) is 54.6 Å². The number of benzene rings is 2. The lowest BCUT2D eigenvalue weighted by Crippen LogP contribution is -2.60. The molecule has 0 spiro atoms. The Morgan fingerprint density at radius 3 is 2.01 bits per heavy atom. The zero-order valence-corrected chi connectivity index (χ0v) is 42.7. The predicted molar refractivity (Wildman–Crippen MR) is 284 cm³/mol. The van der Waals surface area contributed by atoms with Crippen LogP contribution in [0, 0.1) is 6.92 Å². The zero-order chi connectivity index (χ0) is 55.0. The Bertz CT molecular complexity index is 2540. The van der Waals surface area contributed by atoms with E-state index >= 15 is 0 Å². The van der Waals surface area contributed by atoms with Gasteiger partial charge in [0.2, 0.25) is 47.3 Å². The van der Waals surface area contributed by atoms with Crippen LogP contribution in [0.5, 0.6) is 0 Å². The summed E-state index contributed by atoms with van der Waals surface area (Å²) in [5.41, 5.74) is 37.4. The first kappa shape index (κ1) is 59.3. The van der Waals surface area contributed by atoms with Gasteiger partial charge in [-0.05, 0) is 82.0 Å². The molecule has 0 saturated carbocycles. The van der Waals surface area contributed by atoms with Gasteiger partial charge < -0.3 is 81.9 Å². The van der Waals surface area contributed by atoms with Crippen LogP contribution >= 0.6 is 0 Å². The summed E-state index contributed by atoms with van der Waals surface area (Å²) in [4.78, 5) is 123. The van der Waals surface area contributed by atoms with Crippen LogP contribution < -0.4 is 76.9 Å². The van der Waals surface area contributed by atoms with Gasteiger partial charge in [-0.3, -0.25) is 48.3 Å². The Labute approximate surface area is 435 Å². The molecule has 25 heteroatoms. The minimum absolute atomic E-state index is 0.00510. The van der Waals surface area contributed by atoms with Crippen LogP contribution in [-0.4, -0.2) is 133 Å². The fraction of sp³-hybridized carbons (Fsp3) is 0.480. The second-order valence-electron chi connectivity index (χ2n) is 18.5. The summed E-state index contributed by atoms with van der Waals surface area (Å²) in [5.74, 6) is -6.01. The summed E-state index contributed by atoms with van der Waals surface area (Å²) in [5, 5.41) is 22.7. The average molecular weight is 1040 g/mol. The summed E-state index contributed by atoms with van der Waals surface area (Å²) < 4.78 is 0. The van der Waals surface area contributed by atoms with Gasteiger partial charge >= 0.3 is 0 Å². The van der Waals surface area contributed by atoms with Crippen LogP contribution in [0.15, 0.2) is 77.0 Å².